The maximum absolute atomic E-state index is 5.77. The predicted octanol–water partition coefficient (Wildman–Crippen LogP) is 3.24. The summed E-state index contributed by atoms with van der Waals surface area (Å²) in [7, 11) is 0. The number of nitrogens with one attached hydrogen (secondary N) is 1. The summed E-state index contributed by atoms with van der Waals surface area (Å²) in [5, 5.41) is 0. The van der Waals surface area contributed by atoms with Crippen LogP contribution in [0.1, 0.15) is 30.1 Å². The van der Waals surface area contributed by atoms with Gasteiger partial charge in [-0.15, -0.1) is 11.6 Å². The molecule has 3 rings (SSSR count). The van der Waals surface area contributed by atoms with Crippen molar-refractivity contribution in [1.29, 1.82) is 0 Å². The molecule has 1 saturated heterocycles. The van der Waals surface area contributed by atoms with Gasteiger partial charge in [0.2, 0.25) is 0 Å². The van der Waals surface area contributed by atoms with Crippen LogP contribution in [0.4, 0.5) is 0 Å². The second-order valence-corrected chi connectivity index (χ2v) is 5.18. The minimum Gasteiger partial charge on any atom is -0.381 e. The summed E-state index contributed by atoms with van der Waals surface area (Å²) in [6.07, 6.45) is 3.03. The Bertz CT molecular complexity index is 532. The normalized spacial score (nSPS) is 17.4. The van der Waals surface area contributed by atoms with Crippen LogP contribution in [0.15, 0.2) is 18.2 Å². The van der Waals surface area contributed by atoms with E-state index in [4.69, 9.17) is 21.3 Å². The molecule has 0 aliphatic carbocycles. The fraction of sp³-hybridized carbons (Fsp3) is 0.500. The first-order chi connectivity index (χ1) is 8.86. The number of aromatic amines is 1. The molecule has 1 aromatic heterocycles. The largest absolute Gasteiger partial charge is 0.381 e. The summed E-state index contributed by atoms with van der Waals surface area (Å²) in [4.78, 5) is 8.15. The van der Waals surface area contributed by atoms with Gasteiger partial charge in [0.1, 0.15) is 5.82 Å². The summed E-state index contributed by atoms with van der Waals surface area (Å²) in [6.45, 7) is 1.69. The maximum atomic E-state index is 5.77. The summed E-state index contributed by atoms with van der Waals surface area (Å²) in [5.41, 5.74) is 3.44. The first kappa shape index (κ1) is 12.0. The van der Waals surface area contributed by atoms with E-state index in [0.29, 0.717) is 11.8 Å². The van der Waals surface area contributed by atoms with E-state index in [0.717, 1.165) is 49.3 Å². The van der Waals surface area contributed by atoms with Crippen LogP contribution in [0, 0.1) is 0 Å². The Labute approximate surface area is 112 Å². The molecule has 0 saturated carbocycles. The predicted molar refractivity (Wildman–Crippen MR) is 73.3 cm³/mol. The molecule has 3 nitrogen and oxygen atoms in total. The first-order valence-corrected chi connectivity index (χ1v) is 7.02. The number of aryl methyl sites for hydroxylation is 1. The van der Waals surface area contributed by atoms with Crippen molar-refractivity contribution in [3.63, 3.8) is 0 Å². The Morgan fingerprint density at radius 3 is 2.94 bits per heavy atom. The van der Waals surface area contributed by atoms with E-state index in [2.05, 4.69) is 23.2 Å². The fourth-order valence-corrected chi connectivity index (χ4v) is 2.72. The van der Waals surface area contributed by atoms with Gasteiger partial charge >= 0.3 is 0 Å². The average molecular weight is 265 g/mol. The van der Waals surface area contributed by atoms with Crippen molar-refractivity contribution in [1.82, 2.24) is 9.97 Å². The number of imidazole rings is 1. The number of hydrogen-bond donors (Lipinski definition) is 1. The second kappa shape index (κ2) is 5.29. The van der Waals surface area contributed by atoms with Gasteiger partial charge in [-0.1, -0.05) is 6.07 Å². The number of rotatable bonds is 3. The summed E-state index contributed by atoms with van der Waals surface area (Å²) in [6, 6.07) is 6.35. The van der Waals surface area contributed by atoms with Gasteiger partial charge in [0.25, 0.3) is 0 Å². The van der Waals surface area contributed by atoms with E-state index in [1.54, 1.807) is 0 Å². The molecule has 0 amide bonds. The van der Waals surface area contributed by atoms with Crippen molar-refractivity contribution in [3.05, 3.63) is 29.6 Å². The molecule has 4 heteroatoms. The molecule has 0 radical (unpaired) electrons. The van der Waals surface area contributed by atoms with Crippen molar-refractivity contribution in [2.75, 3.05) is 19.1 Å². The van der Waals surface area contributed by atoms with Crippen LogP contribution in [0.25, 0.3) is 11.0 Å². The third-order valence-electron chi connectivity index (χ3n) is 3.56. The van der Waals surface area contributed by atoms with Gasteiger partial charge in [0.05, 0.1) is 11.0 Å². The number of aromatic nitrogens is 2. The van der Waals surface area contributed by atoms with E-state index in [9.17, 15) is 0 Å². The van der Waals surface area contributed by atoms with E-state index in [1.165, 1.54) is 5.56 Å². The van der Waals surface area contributed by atoms with Crippen molar-refractivity contribution < 1.29 is 4.74 Å². The van der Waals surface area contributed by atoms with E-state index in [1.807, 2.05) is 0 Å². The van der Waals surface area contributed by atoms with Crippen LogP contribution >= 0.6 is 11.6 Å². The second-order valence-electron chi connectivity index (χ2n) is 4.80. The average Bonchev–Trinajstić information content (AvgIpc) is 2.83. The lowest BCUT2D eigenvalue weighted by Gasteiger charge is -2.19. The highest BCUT2D eigenvalue weighted by Gasteiger charge is 2.19. The number of fused-ring (bicyclic) bond motifs is 1. The van der Waals surface area contributed by atoms with E-state index in [-0.39, 0.29) is 0 Å². The minimum atomic E-state index is 0.516. The van der Waals surface area contributed by atoms with Gasteiger partial charge in [-0.05, 0) is 37.0 Å². The highest BCUT2D eigenvalue weighted by molar-refractivity contribution is 6.18. The molecule has 18 heavy (non-hydrogen) atoms. The molecule has 1 N–H and O–H groups in total. The van der Waals surface area contributed by atoms with Crippen LogP contribution < -0.4 is 0 Å². The molecule has 2 aromatic rings. The third kappa shape index (κ3) is 2.38. The lowest BCUT2D eigenvalue weighted by Crippen LogP contribution is -2.15. The van der Waals surface area contributed by atoms with Crippen LogP contribution in [-0.2, 0) is 11.2 Å². The van der Waals surface area contributed by atoms with Crippen molar-refractivity contribution in [2.45, 2.75) is 25.2 Å². The number of H-pyrrole nitrogens is 1. The first-order valence-electron chi connectivity index (χ1n) is 6.49. The lowest BCUT2D eigenvalue weighted by molar-refractivity contribution is 0.0838. The van der Waals surface area contributed by atoms with Gasteiger partial charge in [-0.25, -0.2) is 4.98 Å². The lowest BCUT2D eigenvalue weighted by atomic mass is 10.00. The molecule has 0 unspecified atom stereocenters. The number of nitrogens with zero attached hydrogens (tertiary/aromatic N) is 1. The van der Waals surface area contributed by atoms with E-state index < -0.39 is 0 Å². The monoisotopic (exact) mass is 264 g/mol. The van der Waals surface area contributed by atoms with Crippen LogP contribution in [0.5, 0.6) is 0 Å². The Hall–Kier alpha value is -1.06. The number of alkyl halides is 1. The van der Waals surface area contributed by atoms with Gasteiger partial charge in [0.15, 0.2) is 0 Å². The molecule has 1 aromatic carbocycles. The molecule has 0 atom stereocenters. The number of ether oxygens (including phenoxy) is 1. The zero-order valence-electron chi connectivity index (χ0n) is 10.3. The molecule has 2 heterocycles. The minimum absolute atomic E-state index is 0.516. The topological polar surface area (TPSA) is 37.9 Å². The standard InChI is InChI=1S/C14H17ClN2O/c15-6-3-10-1-2-12-13(9-10)17-14(16-12)11-4-7-18-8-5-11/h1-2,9,11H,3-8H2,(H,16,17). The molecule has 1 aliphatic rings. The van der Waals surface area contributed by atoms with Gasteiger partial charge in [-0.2, -0.15) is 0 Å². The molecule has 1 aliphatic heterocycles. The molecule has 0 spiro atoms. The van der Waals surface area contributed by atoms with Crippen molar-refractivity contribution in [2.24, 2.45) is 0 Å². The van der Waals surface area contributed by atoms with Crippen molar-refractivity contribution >= 4 is 22.6 Å². The third-order valence-corrected chi connectivity index (χ3v) is 3.74. The smallest absolute Gasteiger partial charge is 0.110 e. The number of benzene rings is 1. The fourth-order valence-electron chi connectivity index (χ4n) is 2.51. The quantitative estimate of drug-likeness (QED) is 0.865. The van der Waals surface area contributed by atoms with Crippen LogP contribution in [-0.4, -0.2) is 29.1 Å². The zero-order chi connectivity index (χ0) is 12.4. The van der Waals surface area contributed by atoms with Gasteiger partial charge in [0, 0.05) is 25.0 Å². The molecular weight excluding hydrogens is 248 g/mol. The van der Waals surface area contributed by atoms with Gasteiger partial charge in [-0.3, -0.25) is 0 Å². The van der Waals surface area contributed by atoms with Crippen LogP contribution in [0.2, 0.25) is 0 Å². The van der Waals surface area contributed by atoms with Crippen molar-refractivity contribution in [3.8, 4) is 0 Å². The maximum Gasteiger partial charge on any atom is 0.110 e. The summed E-state index contributed by atoms with van der Waals surface area (Å²) in [5.74, 6) is 2.28. The summed E-state index contributed by atoms with van der Waals surface area (Å²) >= 11 is 5.77. The molecule has 0 bridgehead atoms. The zero-order valence-corrected chi connectivity index (χ0v) is 11.0. The number of halogens is 1. The molecule has 96 valence electrons. The molecule has 1 fully saturated rings. The Kier molecular flexibility index (Phi) is 3.52. The highest BCUT2D eigenvalue weighted by atomic mass is 35.5. The SMILES string of the molecule is ClCCc1ccc2nc(C3CCOCC3)[nH]c2c1. The highest BCUT2D eigenvalue weighted by Crippen LogP contribution is 2.26. The Morgan fingerprint density at radius 2 is 2.17 bits per heavy atom. The Balaban J connectivity index is 1.89. The van der Waals surface area contributed by atoms with E-state index >= 15 is 0 Å². The number of hydrogen-bond acceptors (Lipinski definition) is 2. The van der Waals surface area contributed by atoms with Gasteiger partial charge < -0.3 is 9.72 Å². The van der Waals surface area contributed by atoms with Crippen LogP contribution in [0.3, 0.4) is 0 Å². The summed E-state index contributed by atoms with van der Waals surface area (Å²) < 4.78 is 5.39. The Morgan fingerprint density at radius 1 is 1.33 bits per heavy atom. The molecular formula is C14H17ClN2O.